The Labute approximate surface area is 145 Å². The van der Waals surface area contributed by atoms with Crippen LogP contribution in [-0.4, -0.2) is 19.6 Å². The summed E-state index contributed by atoms with van der Waals surface area (Å²) in [6.45, 7) is 4.20. The summed E-state index contributed by atoms with van der Waals surface area (Å²) in [7, 11) is 1.55. The van der Waals surface area contributed by atoms with E-state index in [4.69, 9.17) is 21.1 Å². The monoisotopic (exact) mass is 351 g/mol. The zero-order chi connectivity index (χ0) is 17.7. The smallest absolute Gasteiger partial charge is 0.256 e. The predicted molar refractivity (Wildman–Crippen MR) is 91.5 cm³/mol. The molecular formula is C18H19ClFNO3. The minimum atomic E-state index is -0.656. The molecule has 2 rings (SSSR count). The molecule has 1 amide bonds. The van der Waals surface area contributed by atoms with Crippen molar-refractivity contribution in [3.8, 4) is 11.5 Å². The van der Waals surface area contributed by atoms with E-state index in [0.29, 0.717) is 18.1 Å². The van der Waals surface area contributed by atoms with Gasteiger partial charge in [0.25, 0.3) is 5.91 Å². The van der Waals surface area contributed by atoms with Gasteiger partial charge in [-0.3, -0.25) is 4.79 Å². The number of carbonyl (C=O) groups excluding carboxylic acids is 1. The van der Waals surface area contributed by atoms with E-state index >= 15 is 0 Å². The number of nitrogens with one attached hydrogen (secondary N) is 1. The van der Waals surface area contributed by atoms with Gasteiger partial charge in [0.1, 0.15) is 5.82 Å². The summed E-state index contributed by atoms with van der Waals surface area (Å²) >= 11 is 5.92. The first-order valence-corrected chi connectivity index (χ1v) is 7.91. The molecule has 1 unspecified atom stereocenters. The first kappa shape index (κ1) is 18.1. The fourth-order valence-electron chi connectivity index (χ4n) is 2.30. The molecular weight excluding hydrogens is 333 g/mol. The van der Waals surface area contributed by atoms with Crippen LogP contribution in [-0.2, 0) is 0 Å². The van der Waals surface area contributed by atoms with Crippen molar-refractivity contribution in [2.24, 2.45) is 0 Å². The molecule has 1 N–H and O–H groups in total. The van der Waals surface area contributed by atoms with Crippen molar-refractivity contribution in [3.63, 3.8) is 0 Å². The quantitative estimate of drug-likeness (QED) is 0.840. The average Bonchev–Trinajstić information content (AvgIpc) is 2.55. The van der Waals surface area contributed by atoms with Crippen LogP contribution in [0.25, 0.3) is 0 Å². The fraction of sp³-hybridized carbons (Fsp3) is 0.278. The average molecular weight is 352 g/mol. The molecule has 0 radical (unpaired) electrons. The van der Waals surface area contributed by atoms with Crippen molar-refractivity contribution >= 4 is 17.5 Å². The highest BCUT2D eigenvalue weighted by atomic mass is 35.5. The molecule has 4 nitrogen and oxygen atoms in total. The Morgan fingerprint density at radius 1 is 1.29 bits per heavy atom. The number of carbonyl (C=O) groups is 1. The molecule has 6 heteroatoms. The number of hydrogen-bond acceptors (Lipinski definition) is 3. The van der Waals surface area contributed by atoms with Crippen LogP contribution in [0.1, 0.15) is 35.8 Å². The highest BCUT2D eigenvalue weighted by Gasteiger charge is 2.19. The Morgan fingerprint density at radius 2 is 2.04 bits per heavy atom. The van der Waals surface area contributed by atoms with Crippen molar-refractivity contribution in [1.29, 1.82) is 0 Å². The van der Waals surface area contributed by atoms with E-state index in [1.54, 1.807) is 26.2 Å². The second-order valence-corrected chi connectivity index (χ2v) is 5.54. The summed E-state index contributed by atoms with van der Waals surface area (Å²) in [5.74, 6) is -0.0336. The van der Waals surface area contributed by atoms with E-state index < -0.39 is 11.7 Å². The van der Waals surface area contributed by atoms with E-state index in [1.165, 1.54) is 18.2 Å². The molecule has 0 aliphatic rings. The van der Waals surface area contributed by atoms with Gasteiger partial charge in [-0.05, 0) is 43.7 Å². The van der Waals surface area contributed by atoms with E-state index in [1.807, 2.05) is 13.0 Å². The van der Waals surface area contributed by atoms with Gasteiger partial charge in [-0.1, -0.05) is 23.7 Å². The number of benzene rings is 2. The van der Waals surface area contributed by atoms with Gasteiger partial charge in [0, 0.05) is 0 Å². The molecule has 0 fully saturated rings. The normalized spacial score (nSPS) is 11.7. The summed E-state index contributed by atoms with van der Waals surface area (Å²) in [4.78, 5) is 12.3. The topological polar surface area (TPSA) is 47.6 Å². The van der Waals surface area contributed by atoms with Crippen LogP contribution >= 0.6 is 11.6 Å². The summed E-state index contributed by atoms with van der Waals surface area (Å²) in [5.41, 5.74) is 0.639. The minimum Gasteiger partial charge on any atom is -0.493 e. The molecule has 0 spiro atoms. The van der Waals surface area contributed by atoms with Gasteiger partial charge in [0.2, 0.25) is 0 Å². The summed E-state index contributed by atoms with van der Waals surface area (Å²) < 4.78 is 24.6. The van der Waals surface area contributed by atoms with Crippen molar-refractivity contribution in [3.05, 3.63) is 58.4 Å². The zero-order valence-electron chi connectivity index (χ0n) is 13.7. The van der Waals surface area contributed by atoms with E-state index in [0.717, 1.165) is 5.56 Å². The maximum Gasteiger partial charge on any atom is 0.256 e. The van der Waals surface area contributed by atoms with E-state index in [2.05, 4.69) is 5.32 Å². The van der Waals surface area contributed by atoms with Crippen LogP contribution in [0.2, 0.25) is 5.02 Å². The number of amides is 1. The summed E-state index contributed by atoms with van der Waals surface area (Å²) in [6, 6.07) is 9.14. The lowest BCUT2D eigenvalue weighted by atomic mass is 10.1. The van der Waals surface area contributed by atoms with Crippen molar-refractivity contribution in [2.45, 2.75) is 19.9 Å². The fourth-order valence-corrected chi connectivity index (χ4v) is 2.54. The van der Waals surface area contributed by atoms with Crippen LogP contribution < -0.4 is 14.8 Å². The maximum absolute atomic E-state index is 13.8. The van der Waals surface area contributed by atoms with Gasteiger partial charge in [0.15, 0.2) is 11.5 Å². The standard InChI is InChI=1S/C18H19ClFNO3/c1-4-24-15-9-8-12(10-16(15)23-3)11(2)21-18(22)17-13(19)6-5-7-14(17)20/h5-11H,4H2,1-3H3,(H,21,22). The van der Waals surface area contributed by atoms with Crippen LogP contribution in [0.4, 0.5) is 4.39 Å². The van der Waals surface area contributed by atoms with Crippen LogP contribution in [0.5, 0.6) is 11.5 Å². The van der Waals surface area contributed by atoms with Gasteiger partial charge in [-0.2, -0.15) is 0 Å². The van der Waals surface area contributed by atoms with Gasteiger partial charge >= 0.3 is 0 Å². The minimum absolute atomic E-state index is 0.0731. The molecule has 0 aromatic heterocycles. The number of rotatable bonds is 6. The molecule has 128 valence electrons. The number of ether oxygens (including phenoxy) is 2. The van der Waals surface area contributed by atoms with E-state index in [9.17, 15) is 9.18 Å². The Hall–Kier alpha value is -2.27. The predicted octanol–water partition coefficient (Wildman–Crippen LogP) is 4.38. The van der Waals surface area contributed by atoms with E-state index in [-0.39, 0.29) is 16.6 Å². The zero-order valence-corrected chi connectivity index (χ0v) is 14.5. The maximum atomic E-state index is 13.8. The number of methoxy groups -OCH3 is 1. The SMILES string of the molecule is CCOc1ccc(C(C)NC(=O)c2c(F)cccc2Cl)cc1OC. The molecule has 24 heavy (non-hydrogen) atoms. The third-order valence-corrected chi connectivity index (χ3v) is 3.84. The van der Waals surface area contributed by atoms with Crippen molar-refractivity contribution < 1.29 is 18.7 Å². The molecule has 2 aromatic rings. The molecule has 0 heterocycles. The first-order valence-electron chi connectivity index (χ1n) is 7.53. The lowest BCUT2D eigenvalue weighted by Gasteiger charge is -2.17. The number of hydrogen-bond donors (Lipinski definition) is 1. The van der Waals surface area contributed by atoms with Gasteiger partial charge in [-0.25, -0.2) is 4.39 Å². The van der Waals surface area contributed by atoms with Crippen LogP contribution in [0, 0.1) is 5.82 Å². The van der Waals surface area contributed by atoms with Gasteiger partial charge in [0.05, 0.1) is 30.3 Å². The Morgan fingerprint density at radius 3 is 2.67 bits per heavy atom. The van der Waals surface area contributed by atoms with Crippen LogP contribution in [0.3, 0.4) is 0 Å². The summed E-state index contributed by atoms with van der Waals surface area (Å²) in [5, 5.41) is 2.81. The molecule has 0 aliphatic carbocycles. The Balaban J connectivity index is 2.20. The van der Waals surface area contributed by atoms with Crippen molar-refractivity contribution in [2.75, 3.05) is 13.7 Å². The first-order chi connectivity index (χ1) is 11.5. The molecule has 0 saturated carbocycles. The molecule has 2 aromatic carbocycles. The second-order valence-electron chi connectivity index (χ2n) is 5.14. The van der Waals surface area contributed by atoms with Crippen molar-refractivity contribution in [1.82, 2.24) is 5.32 Å². The Kier molecular flexibility index (Phi) is 6.04. The highest BCUT2D eigenvalue weighted by molar-refractivity contribution is 6.33. The largest absolute Gasteiger partial charge is 0.493 e. The second kappa shape index (κ2) is 8.02. The van der Waals surface area contributed by atoms with Gasteiger partial charge in [-0.15, -0.1) is 0 Å². The third kappa shape index (κ3) is 3.97. The highest BCUT2D eigenvalue weighted by Crippen LogP contribution is 2.30. The molecule has 1 atom stereocenters. The lowest BCUT2D eigenvalue weighted by molar-refractivity contribution is 0.0936. The third-order valence-electron chi connectivity index (χ3n) is 3.52. The molecule has 0 aliphatic heterocycles. The molecule has 0 saturated heterocycles. The number of halogens is 2. The van der Waals surface area contributed by atoms with Crippen LogP contribution in [0.15, 0.2) is 36.4 Å². The van der Waals surface area contributed by atoms with Gasteiger partial charge < -0.3 is 14.8 Å². The molecule has 0 bridgehead atoms. The Bertz CT molecular complexity index is 716. The lowest BCUT2D eigenvalue weighted by Crippen LogP contribution is -2.27. The summed E-state index contributed by atoms with van der Waals surface area (Å²) in [6.07, 6.45) is 0.